The van der Waals surface area contributed by atoms with E-state index in [0.29, 0.717) is 23.0 Å². The van der Waals surface area contributed by atoms with Crippen molar-refractivity contribution in [2.45, 2.75) is 46.2 Å². The van der Waals surface area contributed by atoms with Crippen LogP contribution in [-0.4, -0.2) is 61.6 Å². The maximum Gasteiger partial charge on any atom is 0.253 e. The topological polar surface area (TPSA) is 70.7 Å². The van der Waals surface area contributed by atoms with Gasteiger partial charge in [0, 0.05) is 30.7 Å². The predicted octanol–water partition coefficient (Wildman–Crippen LogP) is 3.61. The minimum atomic E-state index is -0.659. The zero-order valence-corrected chi connectivity index (χ0v) is 19.7. The van der Waals surface area contributed by atoms with Crippen LogP contribution in [0, 0.1) is 11.8 Å². The fraction of sp³-hybridized carbons (Fsp3) is 0.636. The van der Waals surface area contributed by atoms with Crippen LogP contribution in [0.4, 0.5) is 0 Å². The molecular formula is C22H33Cl2N3O3. The van der Waals surface area contributed by atoms with Gasteiger partial charge in [-0.25, -0.2) is 0 Å². The Balaban J connectivity index is 2.01. The normalized spacial score (nSPS) is 17.1. The number of benzene rings is 1. The third kappa shape index (κ3) is 7.41. The molecule has 0 spiro atoms. The lowest BCUT2D eigenvalue weighted by Crippen LogP contribution is -2.54. The van der Waals surface area contributed by atoms with E-state index < -0.39 is 11.9 Å². The van der Waals surface area contributed by atoms with Gasteiger partial charge in [0.2, 0.25) is 5.91 Å². The number of carbonyl (C=O) groups excluding carboxylic acids is 2. The highest BCUT2D eigenvalue weighted by Gasteiger charge is 2.28. The van der Waals surface area contributed by atoms with Gasteiger partial charge in [0.1, 0.15) is 6.04 Å². The number of hydrogen-bond acceptors (Lipinski definition) is 4. The first-order chi connectivity index (χ1) is 14.2. The Hall–Kier alpha value is -1.34. The second kappa shape index (κ2) is 11.9. The predicted molar refractivity (Wildman–Crippen MR) is 121 cm³/mol. The molecule has 0 radical (unpaired) electrons. The van der Waals surface area contributed by atoms with Crippen molar-refractivity contribution in [2.24, 2.45) is 11.8 Å². The summed E-state index contributed by atoms with van der Waals surface area (Å²) >= 11 is 12.0. The van der Waals surface area contributed by atoms with Crippen molar-refractivity contribution in [1.29, 1.82) is 0 Å². The fourth-order valence-corrected chi connectivity index (χ4v) is 4.10. The quantitative estimate of drug-likeness (QED) is 0.593. The third-order valence-electron chi connectivity index (χ3n) is 5.23. The van der Waals surface area contributed by atoms with Crippen molar-refractivity contribution in [1.82, 2.24) is 15.5 Å². The second-order valence-electron chi connectivity index (χ2n) is 8.50. The first-order valence-electron chi connectivity index (χ1n) is 10.5. The zero-order chi connectivity index (χ0) is 22.3. The van der Waals surface area contributed by atoms with Crippen LogP contribution < -0.4 is 10.6 Å². The minimum absolute atomic E-state index is 0.0769. The molecule has 30 heavy (non-hydrogen) atoms. The number of hydrogen-bond donors (Lipinski definition) is 2. The van der Waals surface area contributed by atoms with Gasteiger partial charge in [0.05, 0.1) is 23.8 Å². The van der Waals surface area contributed by atoms with Crippen molar-refractivity contribution in [3.05, 3.63) is 33.8 Å². The highest BCUT2D eigenvalue weighted by Crippen LogP contribution is 2.21. The molecule has 1 fully saturated rings. The van der Waals surface area contributed by atoms with Crippen LogP contribution in [0.2, 0.25) is 10.0 Å². The average Bonchev–Trinajstić information content (AvgIpc) is 2.69. The molecule has 2 atom stereocenters. The summed E-state index contributed by atoms with van der Waals surface area (Å²) < 4.78 is 5.46. The number of nitrogens with zero attached hydrogens (tertiary/aromatic N) is 1. The van der Waals surface area contributed by atoms with E-state index in [4.69, 9.17) is 27.9 Å². The molecule has 6 nitrogen and oxygen atoms in total. The van der Waals surface area contributed by atoms with E-state index in [-0.39, 0.29) is 22.9 Å². The van der Waals surface area contributed by atoms with Crippen LogP contribution in [-0.2, 0) is 9.53 Å². The Morgan fingerprint density at radius 1 is 1.13 bits per heavy atom. The summed E-state index contributed by atoms with van der Waals surface area (Å²) in [4.78, 5) is 28.0. The monoisotopic (exact) mass is 457 g/mol. The molecule has 1 heterocycles. The van der Waals surface area contributed by atoms with Crippen LogP contribution in [0.25, 0.3) is 0 Å². The molecule has 2 amide bonds. The molecule has 0 aromatic heterocycles. The lowest BCUT2D eigenvalue weighted by molar-refractivity contribution is -0.124. The maximum absolute atomic E-state index is 12.9. The zero-order valence-electron chi connectivity index (χ0n) is 18.2. The van der Waals surface area contributed by atoms with Crippen LogP contribution in [0.1, 0.15) is 44.5 Å². The summed E-state index contributed by atoms with van der Waals surface area (Å²) in [6, 6.07) is 4.26. The third-order valence-corrected chi connectivity index (χ3v) is 5.78. The van der Waals surface area contributed by atoms with E-state index in [1.54, 1.807) is 12.1 Å². The highest BCUT2D eigenvalue weighted by molar-refractivity contribution is 6.36. The molecule has 0 aliphatic carbocycles. The molecule has 0 saturated carbocycles. The molecule has 1 saturated heterocycles. The average molecular weight is 458 g/mol. The molecule has 168 valence electrons. The molecule has 1 aromatic rings. The summed E-state index contributed by atoms with van der Waals surface area (Å²) in [5.41, 5.74) is 0.297. The van der Waals surface area contributed by atoms with Crippen molar-refractivity contribution in [3.8, 4) is 0 Å². The lowest BCUT2D eigenvalue weighted by atomic mass is 10.00. The van der Waals surface area contributed by atoms with Gasteiger partial charge in [0.15, 0.2) is 0 Å². The summed E-state index contributed by atoms with van der Waals surface area (Å²) in [5, 5.41) is 6.59. The number of ether oxygens (including phenoxy) is 1. The van der Waals surface area contributed by atoms with E-state index in [0.717, 1.165) is 32.7 Å². The number of amides is 2. The second-order valence-corrected chi connectivity index (χ2v) is 9.34. The van der Waals surface area contributed by atoms with E-state index in [1.807, 2.05) is 13.8 Å². The Morgan fingerprint density at radius 2 is 1.80 bits per heavy atom. The summed E-state index contributed by atoms with van der Waals surface area (Å²) in [5.74, 6) is -0.141. The Morgan fingerprint density at radius 3 is 2.37 bits per heavy atom. The van der Waals surface area contributed by atoms with E-state index in [1.165, 1.54) is 6.07 Å². The van der Waals surface area contributed by atoms with E-state index in [9.17, 15) is 9.59 Å². The summed E-state index contributed by atoms with van der Waals surface area (Å²) in [7, 11) is 0. The van der Waals surface area contributed by atoms with Crippen LogP contribution in [0.5, 0.6) is 0 Å². The van der Waals surface area contributed by atoms with Crippen molar-refractivity contribution < 1.29 is 14.3 Å². The van der Waals surface area contributed by atoms with E-state index in [2.05, 4.69) is 29.4 Å². The van der Waals surface area contributed by atoms with Gasteiger partial charge in [-0.2, -0.15) is 0 Å². The first kappa shape index (κ1) is 24.9. The molecule has 1 aliphatic rings. The number of morpholine rings is 1. The maximum atomic E-state index is 12.9. The van der Waals surface area contributed by atoms with Gasteiger partial charge in [-0.05, 0) is 36.5 Å². The highest BCUT2D eigenvalue weighted by atomic mass is 35.5. The van der Waals surface area contributed by atoms with Gasteiger partial charge in [0.25, 0.3) is 5.91 Å². The summed E-state index contributed by atoms with van der Waals surface area (Å²) in [6.07, 6.45) is 0.985. The molecule has 0 bridgehead atoms. The van der Waals surface area contributed by atoms with Crippen molar-refractivity contribution in [3.63, 3.8) is 0 Å². The number of carbonyl (C=O) groups is 2. The van der Waals surface area contributed by atoms with Gasteiger partial charge >= 0.3 is 0 Å². The molecular weight excluding hydrogens is 425 g/mol. The number of nitrogens with one attached hydrogen (secondary N) is 2. The van der Waals surface area contributed by atoms with Gasteiger partial charge in [-0.15, -0.1) is 0 Å². The fourth-order valence-electron chi connectivity index (χ4n) is 3.60. The largest absolute Gasteiger partial charge is 0.379 e. The Labute approximate surface area is 189 Å². The van der Waals surface area contributed by atoms with Crippen molar-refractivity contribution in [2.75, 3.05) is 32.8 Å². The van der Waals surface area contributed by atoms with E-state index >= 15 is 0 Å². The first-order valence-corrected chi connectivity index (χ1v) is 11.3. The molecule has 2 unspecified atom stereocenters. The lowest BCUT2D eigenvalue weighted by Gasteiger charge is -2.36. The SMILES string of the molecule is CC(C)CC(CNC(=O)C(NC(=O)c1ccc(Cl)cc1Cl)C(C)C)N1CCOCC1. The van der Waals surface area contributed by atoms with Crippen LogP contribution in [0.3, 0.4) is 0 Å². The van der Waals surface area contributed by atoms with Crippen LogP contribution in [0.15, 0.2) is 18.2 Å². The molecule has 1 aromatic carbocycles. The van der Waals surface area contributed by atoms with Gasteiger partial charge < -0.3 is 15.4 Å². The number of rotatable bonds is 9. The summed E-state index contributed by atoms with van der Waals surface area (Å²) in [6.45, 7) is 11.9. The Kier molecular flexibility index (Phi) is 9.88. The molecule has 1 aliphatic heterocycles. The Bertz CT molecular complexity index is 722. The molecule has 8 heteroatoms. The minimum Gasteiger partial charge on any atom is -0.379 e. The molecule has 2 N–H and O–H groups in total. The smallest absolute Gasteiger partial charge is 0.253 e. The standard InChI is InChI=1S/C22H33Cl2N3O3/c1-14(2)11-17(27-7-9-30-10-8-27)13-25-22(29)20(15(3)4)26-21(28)18-6-5-16(23)12-19(18)24/h5-6,12,14-15,17,20H,7-11,13H2,1-4H3,(H,25,29)(H,26,28). The molecule has 2 rings (SSSR count). The van der Waals surface area contributed by atoms with Gasteiger partial charge in [-0.3, -0.25) is 14.5 Å². The van der Waals surface area contributed by atoms with Crippen molar-refractivity contribution >= 4 is 35.0 Å². The van der Waals surface area contributed by atoms with Gasteiger partial charge in [-0.1, -0.05) is 50.9 Å². The number of halogens is 2. The van der Waals surface area contributed by atoms with Crippen LogP contribution >= 0.6 is 23.2 Å².